The second-order valence-corrected chi connectivity index (χ2v) is 8.55. The standard InChI is InChI=1S/C18H21BrN2O4S/c1-13(2)11-12-25-15-9-7-14(8-10-15)18(22)20-21-26(23,24)17-6-4-3-5-16(17)19/h3-10,13,21H,11-12H2,1-2H3,(H,20,22). The molecule has 140 valence electrons. The maximum atomic E-state index is 12.2. The van der Waals surface area contributed by atoms with Gasteiger partial charge in [0.15, 0.2) is 0 Å². The number of nitrogens with one attached hydrogen (secondary N) is 2. The Hall–Kier alpha value is -1.90. The highest BCUT2D eigenvalue weighted by molar-refractivity contribution is 9.10. The quantitative estimate of drug-likeness (QED) is 0.615. The minimum Gasteiger partial charge on any atom is -0.494 e. The van der Waals surface area contributed by atoms with Crippen LogP contribution in [0.15, 0.2) is 57.9 Å². The van der Waals surface area contributed by atoms with Crippen molar-refractivity contribution in [3.63, 3.8) is 0 Å². The summed E-state index contributed by atoms with van der Waals surface area (Å²) in [4.78, 5) is 14.3. The first kappa shape index (κ1) is 20.4. The Kier molecular flexibility index (Phi) is 7.19. The lowest BCUT2D eigenvalue weighted by molar-refractivity contribution is 0.0945. The second kappa shape index (κ2) is 9.16. The molecule has 0 aliphatic heterocycles. The molecule has 0 aliphatic carbocycles. The second-order valence-electron chi connectivity index (χ2n) is 6.05. The number of carbonyl (C=O) groups is 1. The van der Waals surface area contributed by atoms with Gasteiger partial charge in [-0.05, 0) is 64.7 Å². The molecular weight excluding hydrogens is 420 g/mol. The molecule has 2 N–H and O–H groups in total. The van der Waals surface area contributed by atoms with Gasteiger partial charge < -0.3 is 4.74 Å². The molecule has 2 rings (SSSR count). The predicted molar refractivity (Wildman–Crippen MR) is 103 cm³/mol. The van der Waals surface area contributed by atoms with E-state index in [9.17, 15) is 13.2 Å². The van der Waals surface area contributed by atoms with E-state index >= 15 is 0 Å². The van der Waals surface area contributed by atoms with Crippen LogP contribution in [0, 0.1) is 5.92 Å². The van der Waals surface area contributed by atoms with Crippen LogP contribution in [-0.2, 0) is 10.0 Å². The van der Waals surface area contributed by atoms with Gasteiger partial charge >= 0.3 is 0 Å². The van der Waals surface area contributed by atoms with E-state index in [0.29, 0.717) is 28.3 Å². The Morgan fingerprint density at radius 3 is 2.38 bits per heavy atom. The summed E-state index contributed by atoms with van der Waals surface area (Å²) in [5, 5.41) is 0. The van der Waals surface area contributed by atoms with Crippen molar-refractivity contribution in [1.29, 1.82) is 0 Å². The van der Waals surface area contributed by atoms with E-state index in [-0.39, 0.29) is 4.90 Å². The lowest BCUT2D eigenvalue weighted by Gasteiger charge is -2.11. The summed E-state index contributed by atoms with van der Waals surface area (Å²) in [6.45, 7) is 4.84. The normalized spacial score (nSPS) is 11.4. The molecule has 26 heavy (non-hydrogen) atoms. The molecule has 0 heterocycles. The van der Waals surface area contributed by atoms with Gasteiger partial charge in [-0.25, -0.2) is 8.42 Å². The van der Waals surface area contributed by atoms with Crippen LogP contribution in [0.3, 0.4) is 0 Å². The fourth-order valence-electron chi connectivity index (χ4n) is 2.02. The van der Waals surface area contributed by atoms with Crippen molar-refractivity contribution in [3.05, 3.63) is 58.6 Å². The van der Waals surface area contributed by atoms with Gasteiger partial charge in [0.2, 0.25) is 0 Å². The summed E-state index contributed by atoms with van der Waals surface area (Å²) < 4.78 is 30.5. The smallest absolute Gasteiger partial charge is 0.266 e. The molecule has 0 saturated carbocycles. The van der Waals surface area contributed by atoms with Gasteiger partial charge in [-0.15, -0.1) is 4.83 Å². The van der Waals surface area contributed by atoms with Gasteiger partial charge in [0.05, 0.1) is 11.5 Å². The van der Waals surface area contributed by atoms with Gasteiger partial charge in [-0.3, -0.25) is 10.2 Å². The first-order chi connectivity index (χ1) is 12.3. The Morgan fingerprint density at radius 1 is 1.12 bits per heavy atom. The summed E-state index contributed by atoms with van der Waals surface area (Å²) in [6.07, 6.45) is 0.944. The molecule has 0 saturated heterocycles. The van der Waals surface area contributed by atoms with E-state index in [4.69, 9.17) is 4.74 Å². The third kappa shape index (κ3) is 5.82. The number of amides is 1. The van der Waals surface area contributed by atoms with Crippen LogP contribution < -0.4 is 15.0 Å². The van der Waals surface area contributed by atoms with Crippen LogP contribution in [0.25, 0.3) is 0 Å². The van der Waals surface area contributed by atoms with Crippen LogP contribution in [0.2, 0.25) is 0 Å². The monoisotopic (exact) mass is 440 g/mol. The minimum absolute atomic E-state index is 0.0363. The SMILES string of the molecule is CC(C)CCOc1ccc(C(=O)NNS(=O)(=O)c2ccccc2Br)cc1. The van der Waals surface area contributed by atoms with E-state index in [2.05, 4.69) is 40.0 Å². The molecule has 1 amide bonds. The number of sulfonamides is 1. The Bertz CT molecular complexity index is 852. The van der Waals surface area contributed by atoms with E-state index in [1.165, 1.54) is 6.07 Å². The number of rotatable bonds is 8. The largest absolute Gasteiger partial charge is 0.494 e. The van der Waals surface area contributed by atoms with Crippen molar-refractivity contribution in [3.8, 4) is 5.75 Å². The minimum atomic E-state index is -3.88. The van der Waals surface area contributed by atoms with Gasteiger partial charge in [0.25, 0.3) is 15.9 Å². The van der Waals surface area contributed by atoms with Crippen LogP contribution in [0.4, 0.5) is 0 Å². The molecule has 0 bridgehead atoms. The molecule has 0 spiro atoms. The Balaban J connectivity index is 1.94. The number of carbonyl (C=O) groups excluding carboxylic acids is 1. The number of hydrazine groups is 1. The molecular formula is C18H21BrN2O4S. The van der Waals surface area contributed by atoms with E-state index < -0.39 is 15.9 Å². The number of hydrogen-bond donors (Lipinski definition) is 2. The van der Waals surface area contributed by atoms with Crippen molar-refractivity contribution in [2.75, 3.05) is 6.61 Å². The van der Waals surface area contributed by atoms with Crippen LogP contribution in [0.5, 0.6) is 5.75 Å². The maximum absolute atomic E-state index is 12.2. The highest BCUT2D eigenvalue weighted by Crippen LogP contribution is 2.20. The van der Waals surface area contributed by atoms with Crippen molar-refractivity contribution in [2.24, 2.45) is 5.92 Å². The number of ether oxygens (including phenoxy) is 1. The summed E-state index contributed by atoms with van der Waals surface area (Å²) in [5.41, 5.74) is 2.52. The third-order valence-electron chi connectivity index (χ3n) is 3.51. The van der Waals surface area contributed by atoms with Gasteiger partial charge in [0.1, 0.15) is 5.75 Å². The summed E-state index contributed by atoms with van der Waals surface area (Å²) in [7, 11) is -3.88. The fraction of sp³-hybridized carbons (Fsp3) is 0.278. The summed E-state index contributed by atoms with van der Waals surface area (Å²) in [6, 6.07) is 12.8. The van der Waals surface area contributed by atoms with Crippen molar-refractivity contribution in [1.82, 2.24) is 10.3 Å². The highest BCUT2D eigenvalue weighted by Gasteiger charge is 2.18. The zero-order valence-corrected chi connectivity index (χ0v) is 16.9. The van der Waals surface area contributed by atoms with E-state index in [1.807, 2.05) is 0 Å². The van der Waals surface area contributed by atoms with Crippen LogP contribution in [-0.4, -0.2) is 20.9 Å². The zero-order chi connectivity index (χ0) is 19.2. The van der Waals surface area contributed by atoms with E-state index in [1.54, 1.807) is 42.5 Å². The molecule has 8 heteroatoms. The van der Waals surface area contributed by atoms with E-state index in [0.717, 1.165) is 6.42 Å². The molecule has 0 aromatic heterocycles. The number of halogens is 1. The Morgan fingerprint density at radius 2 is 1.77 bits per heavy atom. The fourth-order valence-corrected chi connectivity index (χ4v) is 3.86. The molecule has 0 atom stereocenters. The topological polar surface area (TPSA) is 84.5 Å². The molecule has 2 aromatic carbocycles. The molecule has 2 aromatic rings. The average molecular weight is 441 g/mol. The number of hydrogen-bond acceptors (Lipinski definition) is 4. The molecule has 0 aliphatic rings. The lowest BCUT2D eigenvalue weighted by atomic mass is 10.1. The van der Waals surface area contributed by atoms with Crippen LogP contribution >= 0.6 is 15.9 Å². The number of benzene rings is 2. The molecule has 6 nitrogen and oxygen atoms in total. The van der Waals surface area contributed by atoms with Gasteiger partial charge in [-0.2, -0.15) is 0 Å². The summed E-state index contributed by atoms with van der Waals surface area (Å²) in [5.74, 6) is 0.656. The molecule has 0 radical (unpaired) electrons. The van der Waals surface area contributed by atoms with Crippen molar-refractivity contribution in [2.45, 2.75) is 25.2 Å². The maximum Gasteiger partial charge on any atom is 0.266 e. The van der Waals surface area contributed by atoms with Crippen molar-refractivity contribution < 1.29 is 17.9 Å². The van der Waals surface area contributed by atoms with Crippen LogP contribution in [0.1, 0.15) is 30.6 Å². The lowest BCUT2D eigenvalue weighted by Crippen LogP contribution is -2.41. The predicted octanol–water partition coefficient (Wildman–Crippen LogP) is 3.50. The van der Waals surface area contributed by atoms with Crippen molar-refractivity contribution >= 4 is 31.9 Å². The molecule has 0 unspecified atom stereocenters. The third-order valence-corrected chi connectivity index (χ3v) is 5.77. The first-order valence-electron chi connectivity index (χ1n) is 8.09. The average Bonchev–Trinajstić information content (AvgIpc) is 2.60. The molecule has 0 fully saturated rings. The van der Waals surface area contributed by atoms with Gasteiger partial charge in [-0.1, -0.05) is 26.0 Å². The Labute approximate surface area is 162 Å². The van der Waals surface area contributed by atoms with Gasteiger partial charge in [0, 0.05) is 10.0 Å². The highest BCUT2D eigenvalue weighted by atomic mass is 79.9. The summed E-state index contributed by atoms with van der Waals surface area (Å²) >= 11 is 3.18. The zero-order valence-electron chi connectivity index (χ0n) is 14.5. The first-order valence-corrected chi connectivity index (χ1v) is 10.4.